The van der Waals surface area contributed by atoms with Gasteiger partial charge in [0, 0.05) is 23.6 Å². The predicted octanol–water partition coefficient (Wildman–Crippen LogP) is 4.10. The second-order valence-corrected chi connectivity index (χ2v) is 7.41. The largest absolute Gasteiger partial charge is 0.467 e. The summed E-state index contributed by atoms with van der Waals surface area (Å²) in [4.78, 5) is 25.5. The van der Waals surface area contributed by atoms with Gasteiger partial charge < -0.3 is 14.6 Å². The highest BCUT2D eigenvalue weighted by molar-refractivity contribution is 6.08. The zero-order valence-electron chi connectivity index (χ0n) is 21.2. The van der Waals surface area contributed by atoms with Crippen LogP contribution in [0.5, 0.6) is 0 Å². The predicted molar refractivity (Wildman–Crippen MR) is 104 cm³/mol. The summed E-state index contributed by atoms with van der Waals surface area (Å²) in [7, 11) is 1.20. The Morgan fingerprint density at radius 1 is 1.26 bits per heavy atom. The topological polar surface area (TPSA) is 60.3 Å². The monoisotopic (exact) mass is 381 g/mol. The fourth-order valence-corrected chi connectivity index (χ4v) is 2.76. The van der Waals surface area contributed by atoms with Crippen molar-refractivity contribution in [1.82, 2.24) is 9.88 Å². The molecule has 1 heterocycles. The molecule has 1 N–H and O–H groups in total. The second kappa shape index (κ2) is 9.02. The van der Waals surface area contributed by atoms with Crippen molar-refractivity contribution >= 4 is 22.8 Å². The van der Waals surface area contributed by atoms with Gasteiger partial charge in [0.25, 0.3) is 5.91 Å². The van der Waals surface area contributed by atoms with E-state index in [1.54, 1.807) is 20.8 Å². The Hall–Kier alpha value is -2.37. The maximum absolute atomic E-state index is 13.3. The van der Waals surface area contributed by atoms with Crippen LogP contribution in [0.15, 0.2) is 30.3 Å². The van der Waals surface area contributed by atoms with Crippen LogP contribution >= 0.6 is 0 Å². The van der Waals surface area contributed by atoms with Gasteiger partial charge in [0.2, 0.25) is 0 Å². The van der Waals surface area contributed by atoms with Gasteiger partial charge >= 0.3 is 5.97 Å². The summed E-state index contributed by atoms with van der Waals surface area (Å²) in [5.41, 5.74) is -0.915. The number of aromatic nitrogens is 1. The van der Waals surface area contributed by atoms with Crippen LogP contribution in [0, 0.1) is 5.41 Å². The number of ether oxygens (including phenoxy) is 1. The van der Waals surface area contributed by atoms with E-state index in [0.29, 0.717) is 19.3 Å². The molecule has 0 aliphatic heterocycles. The number of carbonyl (C=O) groups excluding carboxylic acids is 2. The minimum absolute atomic E-state index is 0.0387. The molecule has 2 rings (SSSR count). The number of esters is 1. The summed E-state index contributed by atoms with van der Waals surface area (Å²) in [6.07, 6.45) is 1.04. The number of nitrogens with one attached hydrogen (secondary N) is 1. The third-order valence-electron chi connectivity index (χ3n) is 4.26. The number of hydrogen-bond acceptors (Lipinski definition) is 3. The van der Waals surface area contributed by atoms with Gasteiger partial charge in [-0.3, -0.25) is 9.18 Å². The number of hydrogen-bond donors (Lipinski definition) is 1. The number of aryl methyl sites for hydroxylation is 1. The fraction of sp³-hybridized carbons (Fsp3) is 0.524. The highest BCUT2D eigenvalue weighted by Crippen LogP contribution is 2.24. The molecule has 27 heavy (non-hydrogen) atoms. The molecule has 1 atom stereocenters. The van der Waals surface area contributed by atoms with Gasteiger partial charge in [-0.2, -0.15) is 0 Å². The van der Waals surface area contributed by atoms with Crippen molar-refractivity contribution in [2.75, 3.05) is 13.8 Å². The molecule has 0 bridgehead atoms. The molecule has 0 saturated carbocycles. The molecule has 6 heteroatoms. The molecule has 0 spiro atoms. The molecule has 5 nitrogen and oxygen atoms in total. The number of carbonyl (C=O) groups is 2. The van der Waals surface area contributed by atoms with Crippen LogP contribution in [0.1, 0.15) is 57.2 Å². The minimum atomic E-state index is -1.04. The number of rotatable bonds is 8. The van der Waals surface area contributed by atoms with E-state index in [4.69, 9.17) is 11.6 Å². The van der Waals surface area contributed by atoms with E-state index < -0.39 is 48.1 Å². The van der Waals surface area contributed by atoms with Crippen molar-refractivity contribution in [2.24, 2.45) is 5.41 Å². The second-order valence-electron chi connectivity index (χ2n) is 7.41. The van der Waals surface area contributed by atoms with E-state index in [2.05, 4.69) is 5.32 Å². The number of unbranched alkanes of at least 4 members (excludes halogenated alkanes) is 2. The Morgan fingerprint density at radius 3 is 2.59 bits per heavy atom. The number of amides is 1. The standard InChI is InChI=1S/C21H29FN2O3/c1-21(2,3)18(20(26)27-4)23-19(25)16-14-24(13-9-5-8-12-22)17-11-7-6-10-15(16)17/h6-7,10-11,14,18H,5,8-9,12-13H2,1-4H3,(H,23,25)/t18-/m1/s1/i6D,7D,10D,11D,14D. The van der Waals surface area contributed by atoms with E-state index in [1.165, 1.54) is 11.7 Å². The Morgan fingerprint density at radius 2 is 1.96 bits per heavy atom. The van der Waals surface area contributed by atoms with Crippen molar-refractivity contribution < 1.29 is 25.6 Å². The molecule has 0 aliphatic carbocycles. The molecule has 148 valence electrons. The van der Waals surface area contributed by atoms with Crippen molar-refractivity contribution in [3.63, 3.8) is 0 Å². The number of benzene rings is 1. The van der Waals surface area contributed by atoms with Crippen molar-refractivity contribution in [1.29, 1.82) is 0 Å². The highest BCUT2D eigenvalue weighted by atomic mass is 19.1. The Bertz CT molecular complexity index is 1030. The number of halogens is 1. The molecular formula is C21H29FN2O3. The molecule has 0 aliphatic rings. The average Bonchev–Trinajstić information content (AvgIpc) is 3.02. The highest BCUT2D eigenvalue weighted by Gasteiger charge is 2.34. The molecular weight excluding hydrogens is 347 g/mol. The summed E-state index contributed by atoms with van der Waals surface area (Å²) < 4.78 is 59.8. The number of alkyl halides is 1. The van der Waals surface area contributed by atoms with E-state index >= 15 is 0 Å². The van der Waals surface area contributed by atoms with Crippen LogP contribution in [0.3, 0.4) is 0 Å². The number of nitrogens with zero attached hydrogens (tertiary/aromatic N) is 1. The quantitative estimate of drug-likeness (QED) is 0.553. The van der Waals surface area contributed by atoms with Gasteiger partial charge in [0.05, 0.1) is 26.2 Å². The van der Waals surface area contributed by atoms with Gasteiger partial charge in [-0.25, -0.2) is 4.79 Å². The Kier molecular flexibility index (Phi) is 4.90. The molecule has 1 aromatic carbocycles. The van der Waals surface area contributed by atoms with Crippen LogP contribution < -0.4 is 5.32 Å². The number of methoxy groups -OCH3 is 1. The van der Waals surface area contributed by atoms with Crippen LogP contribution in [0.2, 0.25) is 0 Å². The van der Waals surface area contributed by atoms with Gasteiger partial charge in [-0.15, -0.1) is 0 Å². The third-order valence-corrected chi connectivity index (χ3v) is 4.26. The average molecular weight is 382 g/mol. The number of para-hydroxylation sites is 1. The first-order valence-corrected chi connectivity index (χ1v) is 8.92. The zero-order chi connectivity index (χ0) is 24.4. The first kappa shape index (κ1) is 14.7. The molecule has 1 amide bonds. The fourth-order valence-electron chi connectivity index (χ4n) is 2.76. The smallest absolute Gasteiger partial charge is 0.328 e. The molecule has 0 unspecified atom stereocenters. The van der Waals surface area contributed by atoms with Crippen molar-refractivity contribution in [3.8, 4) is 0 Å². The normalized spacial score (nSPS) is 15.4. The third kappa shape index (κ3) is 5.08. The maximum Gasteiger partial charge on any atom is 0.328 e. The van der Waals surface area contributed by atoms with Crippen LogP contribution in [0.25, 0.3) is 10.9 Å². The zero-order valence-corrected chi connectivity index (χ0v) is 16.2. The Labute approximate surface area is 166 Å². The van der Waals surface area contributed by atoms with Crippen LogP contribution in [-0.2, 0) is 16.1 Å². The minimum Gasteiger partial charge on any atom is -0.467 e. The molecule has 2 aromatic rings. The first-order chi connectivity index (χ1) is 14.9. The SMILES string of the molecule is [2H]c1c([2H])c([2H])c2c(c1[2H])c(C(=O)N[C@H](C(=O)OC)C(C)(C)C)c([2H])n2CCCCCF. The summed E-state index contributed by atoms with van der Waals surface area (Å²) >= 11 is 0. The van der Waals surface area contributed by atoms with Gasteiger partial charge in [0.1, 0.15) is 6.04 Å². The summed E-state index contributed by atoms with van der Waals surface area (Å²) in [5.74, 6) is -1.48. The van der Waals surface area contributed by atoms with Crippen LogP contribution in [-0.4, -0.2) is 36.3 Å². The maximum atomic E-state index is 13.3. The van der Waals surface area contributed by atoms with E-state index in [0.717, 1.165) is 0 Å². The van der Waals surface area contributed by atoms with Crippen molar-refractivity contribution in [2.45, 2.75) is 52.6 Å². The summed E-state index contributed by atoms with van der Waals surface area (Å²) in [5, 5.41) is 2.50. The summed E-state index contributed by atoms with van der Waals surface area (Å²) in [6, 6.07) is -2.84. The first-order valence-electron chi connectivity index (χ1n) is 11.4. The molecule has 0 radical (unpaired) electrons. The lowest BCUT2D eigenvalue weighted by molar-refractivity contribution is -0.145. The lowest BCUT2D eigenvalue weighted by Crippen LogP contribution is -2.49. The lowest BCUT2D eigenvalue weighted by Gasteiger charge is -2.28. The van der Waals surface area contributed by atoms with E-state index in [-0.39, 0.29) is 35.2 Å². The van der Waals surface area contributed by atoms with Gasteiger partial charge in [-0.1, -0.05) is 38.9 Å². The summed E-state index contributed by atoms with van der Waals surface area (Å²) in [6.45, 7) is 4.91. The Balaban J connectivity index is 2.68. The lowest BCUT2D eigenvalue weighted by atomic mass is 9.86. The van der Waals surface area contributed by atoms with Crippen LogP contribution in [0.4, 0.5) is 4.39 Å². The van der Waals surface area contributed by atoms with Crippen molar-refractivity contribution in [3.05, 3.63) is 35.9 Å². The van der Waals surface area contributed by atoms with Gasteiger partial charge in [0.15, 0.2) is 0 Å². The molecule has 0 saturated heterocycles. The molecule has 1 aromatic heterocycles. The van der Waals surface area contributed by atoms with E-state index in [9.17, 15) is 14.0 Å². The number of fused-ring (bicyclic) bond motifs is 1. The molecule has 0 fully saturated rings. The van der Waals surface area contributed by atoms with Gasteiger partial charge in [-0.05, 0) is 30.7 Å². The van der Waals surface area contributed by atoms with E-state index in [1.807, 2.05) is 0 Å².